The van der Waals surface area contributed by atoms with Gasteiger partial charge in [0.25, 0.3) is 0 Å². The van der Waals surface area contributed by atoms with Gasteiger partial charge in [0.2, 0.25) is 5.91 Å². The van der Waals surface area contributed by atoms with Crippen molar-refractivity contribution < 1.29 is 49.3 Å². The van der Waals surface area contributed by atoms with E-state index >= 15 is 0 Å². The van der Waals surface area contributed by atoms with E-state index in [9.17, 15) is 35.1 Å². The van der Waals surface area contributed by atoms with Crippen molar-refractivity contribution in [1.29, 1.82) is 0 Å². The Kier molecular flexibility index (Phi) is 54.6. The molecule has 0 aromatic heterocycles. The van der Waals surface area contributed by atoms with Crippen LogP contribution in [0, 0.1) is 0 Å². The summed E-state index contributed by atoms with van der Waals surface area (Å²) in [4.78, 5) is 26.6. The number of esters is 1. The monoisotopic (exact) mass is 1150 g/mol. The van der Waals surface area contributed by atoms with Gasteiger partial charge in [0, 0.05) is 6.42 Å². The Labute approximate surface area is 502 Å². The second kappa shape index (κ2) is 58.2. The van der Waals surface area contributed by atoms with Crippen molar-refractivity contribution in [3.05, 3.63) is 85.1 Å². The Morgan fingerprint density at radius 3 is 1.33 bits per heavy atom. The highest BCUT2D eigenvalue weighted by molar-refractivity contribution is 5.80. The van der Waals surface area contributed by atoms with Gasteiger partial charge in [0.15, 0.2) is 12.4 Å². The fraction of sp³-hybridized carbons (Fsp3) is 0.775. The smallest absolute Gasteiger partial charge is 0.306 e. The molecule has 1 fully saturated rings. The Hall–Kier alpha value is -3.16. The molecule has 1 amide bonds. The third-order valence-corrected chi connectivity index (χ3v) is 15.5. The zero-order chi connectivity index (χ0) is 59.6. The van der Waals surface area contributed by atoms with Crippen LogP contribution in [-0.2, 0) is 23.8 Å². The average molecular weight is 1150 g/mol. The molecule has 11 heteroatoms. The van der Waals surface area contributed by atoms with Crippen LogP contribution in [0.25, 0.3) is 0 Å². The third kappa shape index (κ3) is 45.2. The first-order valence-electron chi connectivity index (χ1n) is 33.9. The van der Waals surface area contributed by atoms with Crippen LogP contribution in [0.5, 0.6) is 0 Å². The molecule has 1 heterocycles. The molecule has 11 nitrogen and oxygen atoms in total. The highest BCUT2D eigenvalue weighted by Gasteiger charge is 2.47. The van der Waals surface area contributed by atoms with Crippen molar-refractivity contribution in [1.82, 2.24) is 5.32 Å². The number of ether oxygens (including phenoxy) is 3. The molecule has 0 aromatic carbocycles. The van der Waals surface area contributed by atoms with E-state index < -0.39 is 67.4 Å². The van der Waals surface area contributed by atoms with Gasteiger partial charge in [-0.1, -0.05) is 273 Å². The third-order valence-electron chi connectivity index (χ3n) is 15.5. The summed E-state index contributed by atoms with van der Waals surface area (Å²) in [6.45, 7) is 5.67. The molecule has 0 radical (unpaired) electrons. The van der Waals surface area contributed by atoms with Crippen molar-refractivity contribution in [2.75, 3.05) is 13.2 Å². The zero-order valence-corrected chi connectivity index (χ0v) is 52.6. The van der Waals surface area contributed by atoms with E-state index in [0.29, 0.717) is 12.8 Å². The number of nitrogens with one attached hydrogen (secondary N) is 1. The minimum Gasteiger partial charge on any atom is -0.454 e. The first-order chi connectivity index (χ1) is 40.2. The molecule has 6 N–H and O–H groups in total. The number of carbonyl (C=O) groups excluding carboxylic acids is 2. The highest BCUT2D eigenvalue weighted by Crippen LogP contribution is 2.26. The summed E-state index contributed by atoms with van der Waals surface area (Å²) in [6.07, 6.45) is 66.2. The number of hydrogen-bond donors (Lipinski definition) is 6. The van der Waals surface area contributed by atoms with Crippen LogP contribution < -0.4 is 5.32 Å². The quantitative estimate of drug-likeness (QED) is 0.0195. The number of aliphatic hydroxyl groups is 5. The minimum atomic E-state index is -1.62. The lowest BCUT2D eigenvalue weighted by Crippen LogP contribution is -2.61. The van der Waals surface area contributed by atoms with E-state index in [1.807, 2.05) is 6.08 Å². The Balaban J connectivity index is 2.63. The molecule has 0 aromatic rings. The summed E-state index contributed by atoms with van der Waals surface area (Å²) in [6, 6.07) is -1.05. The van der Waals surface area contributed by atoms with Gasteiger partial charge in [-0.25, -0.2) is 0 Å². The molecular weight excluding hydrogens is 1030 g/mol. The lowest BCUT2D eigenvalue weighted by molar-refractivity contribution is -0.305. The standard InChI is InChI=1S/C71H125NO10/c1-4-7-10-13-16-19-22-25-27-29-31-32-33-34-35-37-39-41-44-47-50-53-56-59-66(76)82-69-68(78)67(77)65(60-73)81-71(69)80-61-62(63(74)57-54-51-48-45-42-24-21-18-15-12-9-6-3)72-70(79)64(75)58-55-52-49-46-43-40-38-36-30-28-26-23-20-17-14-11-8-5-2/h8,11,17,20,25-28,36,38,43,46,54,57,62-65,67-69,71,73-75,77-78H,4-7,9-10,12-16,18-19,21-24,29-35,37,39-42,44-45,47-53,55-56,58-61H2,1-3H3,(H,72,79)/b11-8-,20-17-,27-25+,28-26-,38-36-,46-43-,57-54+. The molecule has 8 atom stereocenters. The van der Waals surface area contributed by atoms with Crippen molar-refractivity contribution in [3.8, 4) is 0 Å². The lowest BCUT2D eigenvalue weighted by atomic mass is 9.99. The van der Waals surface area contributed by atoms with Crippen molar-refractivity contribution in [3.63, 3.8) is 0 Å². The average Bonchev–Trinajstić information content (AvgIpc) is 3.68. The first-order valence-corrected chi connectivity index (χ1v) is 33.9. The van der Waals surface area contributed by atoms with Crippen molar-refractivity contribution in [2.24, 2.45) is 0 Å². The Bertz CT molecular complexity index is 1660. The molecule has 1 aliphatic heterocycles. The zero-order valence-electron chi connectivity index (χ0n) is 52.6. The van der Waals surface area contributed by atoms with Gasteiger partial charge in [-0.05, 0) is 96.3 Å². The minimum absolute atomic E-state index is 0.117. The van der Waals surface area contributed by atoms with Crippen LogP contribution in [-0.4, -0.2) is 99.6 Å². The van der Waals surface area contributed by atoms with Crippen molar-refractivity contribution in [2.45, 2.75) is 339 Å². The topological polar surface area (TPSA) is 175 Å². The SMILES string of the molecule is CC/C=C\C/C=C\C/C=C\C/C=C\C/C=C\CCCCC(O)C(=O)NC(COC1OC(CO)C(O)C(O)C1OC(=O)CCCCCCCCCCCCCCC/C=C/CCCCCCCC)C(O)/C=C/CCCCCCCCCCCC. The molecule has 0 saturated carbocycles. The molecule has 1 rings (SSSR count). The van der Waals surface area contributed by atoms with Gasteiger partial charge < -0.3 is 45.1 Å². The Morgan fingerprint density at radius 2 is 0.878 bits per heavy atom. The molecule has 0 bridgehead atoms. The van der Waals surface area contributed by atoms with Crippen LogP contribution in [0.2, 0.25) is 0 Å². The maximum atomic E-state index is 13.4. The molecule has 0 aliphatic carbocycles. The van der Waals surface area contributed by atoms with Crippen LogP contribution in [0.3, 0.4) is 0 Å². The summed E-state index contributed by atoms with van der Waals surface area (Å²) in [5.74, 6) is -1.23. The van der Waals surface area contributed by atoms with Gasteiger partial charge in [0.1, 0.15) is 24.4 Å². The number of unbranched alkanes of at least 4 members (excludes halogenated alkanes) is 31. The second-order valence-corrected chi connectivity index (χ2v) is 23.2. The summed E-state index contributed by atoms with van der Waals surface area (Å²) in [7, 11) is 0. The molecule has 1 aliphatic rings. The van der Waals surface area contributed by atoms with E-state index in [1.165, 1.54) is 154 Å². The number of rotatable bonds is 57. The van der Waals surface area contributed by atoms with E-state index in [2.05, 4.69) is 99.0 Å². The normalized spacial score (nSPS) is 19.1. The van der Waals surface area contributed by atoms with Gasteiger partial charge >= 0.3 is 5.97 Å². The van der Waals surface area contributed by atoms with Crippen LogP contribution in [0.15, 0.2) is 85.1 Å². The predicted octanol–water partition coefficient (Wildman–Crippen LogP) is 16.9. The maximum Gasteiger partial charge on any atom is 0.306 e. The number of amides is 1. The summed E-state index contributed by atoms with van der Waals surface area (Å²) < 4.78 is 17.7. The summed E-state index contributed by atoms with van der Waals surface area (Å²) in [5.41, 5.74) is 0. The molecule has 8 unspecified atom stereocenters. The largest absolute Gasteiger partial charge is 0.454 e. The molecular formula is C71H125NO10. The van der Waals surface area contributed by atoms with Crippen LogP contribution >= 0.6 is 0 Å². The first kappa shape index (κ1) is 76.9. The van der Waals surface area contributed by atoms with Gasteiger partial charge in [-0.2, -0.15) is 0 Å². The van der Waals surface area contributed by atoms with E-state index in [0.717, 1.165) is 89.9 Å². The van der Waals surface area contributed by atoms with E-state index in [4.69, 9.17) is 14.2 Å². The maximum absolute atomic E-state index is 13.4. The van der Waals surface area contributed by atoms with Gasteiger partial charge in [0.05, 0.1) is 25.4 Å². The highest BCUT2D eigenvalue weighted by atomic mass is 16.7. The molecule has 1 saturated heterocycles. The second-order valence-electron chi connectivity index (χ2n) is 23.2. The van der Waals surface area contributed by atoms with Crippen LogP contribution in [0.1, 0.15) is 290 Å². The van der Waals surface area contributed by atoms with Gasteiger partial charge in [-0.15, -0.1) is 0 Å². The summed E-state index contributed by atoms with van der Waals surface area (Å²) in [5, 5.41) is 57.1. The van der Waals surface area contributed by atoms with E-state index in [-0.39, 0.29) is 19.4 Å². The number of allylic oxidation sites excluding steroid dienone is 13. The summed E-state index contributed by atoms with van der Waals surface area (Å²) >= 11 is 0. The Morgan fingerprint density at radius 1 is 0.488 bits per heavy atom. The number of aliphatic hydroxyl groups excluding tert-OH is 5. The fourth-order valence-corrected chi connectivity index (χ4v) is 10.2. The number of carbonyl (C=O) groups is 2. The fourth-order valence-electron chi connectivity index (χ4n) is 10.2. The lowest BCUT2D eigenvalue weighted by Gasteiger charge is -2.41. The van der Waals surface area contributed by atoms with Crippen molar-refractivity contribution >= 4 is 11.9 Å². The van der Waals surface area contributed by atoms with Gasteiger partial charge in [-0.3, -0.25) is 9.59 Å². The van der Waals surface area contributed by atoms with Crippen LogP contribution in [0.4, 0.5) is 0 Å². The molecule has 474 valence electrons. The number of hydrogen-bond acceptors (Lipinski definition) is 10. The predicted molar refractivity (Wildman–Crippen MR) is 342 cm³/mol. The van der Waals surface area contributed by atoms with E-state index in [1.54, 1.807) is 6.08 Å². The molecule has 82 heavy (non-hydrogen) atoms. The molecule has 0 spiro atoms.